The molecule has 0 atom stereocenters. The zero-order valence-corrected chi connectivity index (χ0v) is 10.0. The van der Waals surface area contributed by atoms with Crippen molar-refractivity contribution >= 4 is 5.69 Å². The molecular formula is C15H15NO2. The van der Waals surface area contributed by atoms with E-state index in [1.54, 1.807) is 0 Å². The molecule has 2 aromatic rings. The second-order valence-corrected chi connectivity index (χ2v) is 4.27. The zero-order valence-electron chi connectivity index (χ0n) is 10.0. The van der Waals surface area contributed by atoms with Crippen LogP contribution in [-0.4, -0.2) is 13.2 Å². The van der Waals surface area contributed by atoms with E-state index in [0.29, 0.717) is 18.9 Å². The number of ether oxygens (including phenoxy) is 2. The van der Waals surface area contributed by atoms with Gasteiger partial charge in [-0.1, -0.05) is 48.5 Å². The lowest BCUT2D eigenvalue weighted by Crippen LogP contribution is -2.29. The van der Waals surface area contributed by atoms with Crippen LogP contribution in [0.2, 0.25) is 0 Å². The fourth-order valence-electron chi connectivity index (χ4n) is 2.34. The molecule has 2 N–H and O–H groups in total. The van der Waals surface area contributed by atoms with E-state index < -0.39 is 5.79 Å². The summed E-state index contributed by atoms with van der Waals surface area (Å²) in [5.41, 5.74) is 8.59. The van der Waals surface area contributed by atoms with Crippen molar-refractivity contribution in [3.8, 4) is 0 Å². The van der Waals surface area contributed by atoms with Gasteiger partial charge in [-0.05, 0) is 6.07 Å². The first-order chi connectivity index (χ1) is 8.83. The van der Waals surface area contributed by atoms with Gasteiger partial charge < -0.3 is 15.2 Å². The van der Waals surface area contributed by atoms with E-state index in [4.69, 9.17) is 15.2 Å². The third-order valence-electron chi connectivity index (χ3n) is 3.16. The molecule has 92 valence electrons. The third-order valence-corrected chi connectivity index (χ3v) is 3.16. The lowest BCUT2D eigenvalue weighted by molar-refractivity contribution is -0.129. The molecule has 3 rings (SSSR count). The highest BCUT2D eigenvalue weighted by atomic mass is 16.7. The Labute approximate surface area is 106 Å². The van der Waals surface area contributed by atoms with E-state index in [0.717, 1.165) is 11.1 Å². The highest BCUT2D eigenvalue weighted by Crippen LogP contribution is 2.40. The average molecular weight is 241 g/mol. The van der Waals surface area contributed by atoms with E-state index in [9.17, 15) is 0 Å². The Hall–Kier alpha value is -1.84. The van der Waals surface area contributed by atoms with Crippen LogP contribution in [0.15, 0.2) is 54.6 Å². The van der Waals surface area contributed by atoms with Gasteiger partial charge >= 0.3 is 0 Å². The van der Waals surface area contributed by atoms with Crippen LogP contribution in [-0.2, 0) is 15.3 Å². The Kier molecular flexibility index (Phi) is 2.78. The maximum atomic E-state index is 6.06. The Morgan fingerprint density at radius 3 is 2.11 bits per heavy atom. The Morgan fingerprint density at radius 1 is 0.833 bits per heavy atom. The van der Waals surface area contributed by atoms with E-state index in [1.165, 1.54) is 0 Å². The molecule has 0 saturated carbocycles. The smallest absolute Gasteiger partial charge is 0.224 e. The van der Waals surface area contributed by atoms with Gasteiger partial charge in [-0.25, -0.2) is 0 Å². The quantitative estimate of drug-likeness (QED) is 0.822. The summed E-state index contributed by atoms with van der Waals surface area (Å²) in [4.78, 5) is 0. The fourth-order valence-corrected chi connectivity index (χ4v) is 2.34. The predicted octanol–water partition coefficient (Wildman–Crippen LogP) is 2.52. The molecule has 1 heterocycles. The summed E-state index contributed by atoms with van der Waals surface area (Å²) in [5, 5.41) is 0. The van der Waals surface area contributed by atoms with Crippen molar-refractivity contribution in [3.05, 3.63) is 65.7 Å². The Bertz CT molecular complexity index is 533. The first-order valence-corrected chi connectivity index (χ1v) is 6.01. The predicted molar refractivity (Wildman–Crippen MR) is 70.0 cm³/mol. The molecule has 1 aliphatic heterocycles. The third kappa shape index (κ3) is 1.68. The van der Waals surface area contributed by atoms with Crippen LogP contribution in [0.3, 0.4) is 0 Å². The first-order valence-electron chi connectivity index (χ1n) is 6.01. The summed E-state index contributed by atoms with van der Waals surface area (Å²) in [6, 6.07) is 17.6. The number of nitrogen functional groups attached to an aromatic ring is 1. The SMILES string of the molecule is Nc1ccccc1C1(c2ccccc2)OCCO1. The largest absolute Gasteiger partial charge is 0.398 e. The van der Waals surface area contributed by atoms with E-state index in [1.807, 2.05) is 54.6 Å². The molecule has 1 saturated heterocycles. The van der Waals surface area contributed by atoms with Crippen LogP contribution in [0.1, 0.15) is 11.1 Å². The number of hydrogen-bond acceptors (Lipinski definition) is 3. The van der Waals surface area contributed by atoms with Crippen molar-refractivity contribution in [3.63, 3.8) is 0 Å². The molecule has 3 heteroatoms. The summed E-state index contributed by atoms with van der Waals surface area (Å²) >= 11 is 0. The topological polar surface area (TPSA) is 44.5 Å². The number of rotatable bonds is 2. The van der Waals surface area contributed by atoms with E-state index in [2.05, 4.69) is 0 Å². The zero-order chi connectivity index (χ0) is 12.4. The highest BCUT2D eigenvalue weighted by molar-refractivity contribution is 5.52. The van der Waals surface area contributed by atoms with Crippen LogP contribution >= 0.6 is 0 Å². The number of para-hydroxylation sites is 1. The normalized spacial score (nSPS) is 17.8. The number of benzene rings is 2. The minimum atomic E-state index is -0.855. The van der Waals surface area contributed by atoms with Crippen molar-refractivity contribution in [2.75, 3.05) is 18.9 Å². The lowest BCUT2D eigenvalue weighted by atomic mass is 9.96. The molecule has 0 bridgehead atoms. The van der Waals surface area contributed by atoms with Gasteiger partial charge in [0.05, 0.1) is 13.2 Å². The molecule has 2 aromatic carbocycles. The monoisotopic (exact) mass is 241 g/mol. The second kappa shape index (κ2) is 4.44. The maximum absolute atomic E-state index is 6.06. The minimum absolute atomic E-state index is 0.573. The molecule has 0 spiro atoms. The maximum Gasteiger partial charge on any atom is 0.224 e. The number of anilines is 1. The summed E-state index contributed by atoms with van der Waals surface area (Å²) in [6.45, 7) is 1.15. The van der Waals surface area contributed by atoms with E-state index >= 15 is 0 Å². The second-order valence-electron chi connectivity index (χ2n) is 4.27. The van der Waals surface area contributed by atoms with Crippen molar-refractivity contribution in [2.45, 2.75) is 5.79 Å². The van der Waals surface area contributed by atoms with Gasteiger partial charge in [-0.15, -0.1) is 0 Å². The van der Waals surface area contributed by atoms with Gasteiger partial charge in [0, 0.05) is 16.8 Å². The number of hydrogen-bond donors (Lipinski definition) is 1. The van der Waals surface area contributed by atoms with Gasteiger partial charge in [-0.2, -0.15) is 0 Å². The van der Waals surface area contributed by atoms with Crippen molar-refractivity contribution in [1.29, 1.82) is 0 Å². The summed E-state index contributed by atoms with van der Waals surface area (Å²) in [5.74, 6) is -0.855. The highest BCUT2D eigenvalue weighted by Gasteiger charge is 2.41. The molecule has 1 fully saturated rings. The van der Waals surface area contributed by atoms with Crippen molar-refractivity contribution in [2.24, 2.45) is 0 Å². The van der Waals surface area contributed by atoms with Crippen LogP contribution in [0.5, 0.6) is 0 Å². The fraction of sp³-hybridized carbons (Fsp3) is 0.200. The molecule has 0 amide bonds. The molecule has 18 heavy (non-hydrogen) atoms. The minimum Gasteiger partial charge on any atom is -0.398 e. The molecular weight excluding hydrogens is 226 g/mol. The number of nitrogens with two attached hydrogens (primary N) is 1. The first kappa shape index (κ1) is 11.3. The van der Waals surface area contributed by atoms with Gasteiger partial charge in [0.1, 0.15) is 0 Å². The van der Waals surface area contributed by atoms with Gasteiger partial charge in [0.2, 0.25) is 5.79 Å². The lowest BCUT2D eigenvalue weighted by Gasteiger charge is -2.29. The summed E-state index contributed by atoms with van der Waals surface area (Å²) in [7, 11) is 0. The molecule has 0 aliphatic carbocycles. The van der Waals surface area contributed by atoms with Crippen LogP contribution in [0.4, 0.5) is 5.69 Å². The molecule has 3 nitrogen and oxygen atoms in total. The van der Waals surface area contributed by atoms with Crippen molar-refractivity contribution in [1.82, 2.24) is 0 Å². The summed E-state index contributed by atoms with van der Waals surface area (Å²) in [6.07, 6.45) is 0. The molecule has 0 aromatic heterocycles. The van der Waals surface area contributed by atoms with Crippen LogP contribution in [0, 0.1) is 0 Å². The van der Waals surface area contributed by atoms with Crippen LogP contribution in [0.25, 0.3) is 0 Å². The Morgan fingerprint density at radius 2 is 1.44 bits per heavy atom. The summed E-state index contributed by atoms with van der Waals surface area (Å²) < 4.78 is 11.8. The van der Waals surface area contributed by atoms with Crippen LogP contribution < -0.4 is 5.73 Å². The van der Waals surface area contributed by atoms with Gasteiger partial charge in [-0.3, -0.25) is 0 Å². The molecule has 1 aliphatic rings. The van der Waals surface area contributed by atoms with E-state index in [-0.39, 0.29) is 0 Å². The standard InChI is InChI=1S/C15H15NO2/c16-14-9-5-4-8-13(14)15(17-10-11-18-15)12-6-2-1-3-7-12/h1-9H,10-11,16H2. The average Bonchev–Trinajstić information content (AvgIpc) is 2.91. The van der Waals surface area contributed by atoms with Crippen molar-refractivity contribution < 1.29 is 9.47 Å². The Balaban J connectivity index is 2.16. The molecule has 0 unspecified atom stereocenters. The van der Waals surface area contributed by atoms with Gasteiger partial charge in [0.15, 0.2) is 0 Å². The molecule has 0 radical (unpaired) electrons. The van der Waals surface area contributed by atoms with Gasteiger partial charge in [0.25, 0.3) is 0 Å².